The molecule has 1 saturated carbocycles. The number of hydrogen-bond acceptors (Lipinski definition) is 3. The molecule has 0 saturated heterocycles. The molecular weight excluding hydrogens is 419 g/mol. The van der Waals surface area contributed by atoms with Crippen LogP contribution >= 0.6 is 11.3 Å². The maximum atomic E-state index is 13.4. The second-order valence-corrected chi connectivity index (χ2v) is 10.2. The van der Waals surface area contributed by atoms with Crippen LogP contribution in [0.5, 0.6) is 0 Å². The number of hydrogen-bond donors (Lipinski definition) is 1. The summed E-state index contributed by atoms with van der Waals surface area (Å²) in [5.74, 6) is -0.0893. The third kappa shape index (κ3) is 2.99. The smallest absolute Gasteiger partial charge is 0.123 e. The van der Waals surface area contributed by atoms with Crippen molar-refractivity contribution >= 4 is 27.5 Å². The monoisotopic (exact) mass is 444 g/mol. The molecule has 2 aromatic heterocycles. The quantitative estimate of drug-likeness (QED) is 0.382. The van der Waals surface area contributed by atoms with E-state index in [0.29, 0.717) is 0 Å². The van der Waals surface area contributed by atoms with Crippen molar-refractivity contribution in [2.24, 2.45) is 11.3 Å². The zero-order chi connectivity index (χ0) is 21.9. The van der Waals surface area contributed by atoms with E-state index in [1.54, 1.807) is 23.5 Å². The molecule has 162 valence electrons. The van der Waals surface area contributed by atoms with Crippen molar-refractivity contribution in [2.75, 3.05) is 0 Å². The number of fused-ring (bicyclic) bond motifs is 3. The Labute approximate surface area is 190 Å². The lowest BCUT2D eigenvalue weighted by molar-refractivity contribution is 0.0228. The van der Waals surface area contributed by atoms with Gasteiger partial charge >= 0.3 is 0 Å². The molecule has 1 unspecified atom stereocenters. The van der Waals surface area contributed by atoms with Crippen molar-refractivity contribution in [3.63, 3.8) is 0 Å². The van der Waals surface area contributed by atoms with E-state index in [1.165, 1.54) is 33.4 Å². The van der Waals surface area contributed by atoms with Gasteiger partial charge in [0.25, 0.3) is 0 Å². The minimum Gasteiger partial charge on any atom is -0.388 e. The molecule has 2 heterocycles. The van der Waals surface area contributed by atoms with Gasteiger partial charge in [0.1, 0.15) is 5.82 Å². The summed E-state index contributed by atoms with van der Waals surface area (Å²) >= 11 is 1.71. The molecule has 0 bridgehead atoms. The number of nitrogens with zero attached hydrogens (tertiary/aromatic N) is 2. The van der Waals surface area contributed by atoms with Crippen LogP contribution in [0, 0.1) is 17.2 Å². The minimum atomic E-state index is -0.492. The maximum absolute atomic E-state index is 13.4. The number of aromatic nitrogens is 2. The summed E-state index contributed by atoms with van der Waals surface area (Å²) in [4.78, 5) is 0. The molecule has 2 aliphatic carbocycles. The predicted molar refractivity (Wildman–Crippen MR) is 127 cm³/mol. The van der Waals surface area contributed by atoms with Crippen LogP contribution in [0.1, 0.15) is 49.1 Å². The Kier molecular flexibility index (Phi) is 4.60. The largest absolute Gasteiger partial charge is 0.388 e. The van der Waals surface area contributed by atoms with Gasteiger partial charge in [-0.3, -0.25) is 0 Å². The van der Waals surface area contributed by atoms with Crippen molar-refractivity contribution in [1.82, 2.24) is 9.78 Å². The fourth-order valence-electron chi connectivity index (χ4n) is 5.82. The van der Waals surface area contributed by atoms with E-state index in [4.69, 9.17) is 0 Å². The van der Waals surface area contributed by atoms with Crippen LogP contribution < -0.4 is 0 Å². The van der Waals surface area contributed by atoms with Gasteiger partial charge in [0.05, 0.1) is 23.7 Å². The molecule has 1 fully saturated rings. The molecule has 4 aromatic rings. The third-order valence-corrected chi connectivity index (χ3v) is 8.53. The van der Waals surface area contributed by atoms with Crippen LogP contribution in [0.25, 0.3) is 21.8 Å². The number of aliphatic hydroxyl groups is 1. The standard InChI is InChI=1S/C27H25FN2OS/c1-27-14-17-15-29-30(20-11-9-19(28)10-12-20)24(17)13-18(27)5-4-7-23(27)26(31)22-16-32-25-8-3-2-6-21(22)25/h2-3,6,8-13,15-16,23,26,31H,4-5,7,14H2,1H3/t23-,26?,27+/m1/s1. The normalized spacial score (nSPS) is 23.5. The lowest BCUT2D eigenvalue weighted by Crippen LogP contribution is -2.40. The topological polar surface area (TPSA) is 38.0 Å². The fourth-order valence-corrected chi connectivity index (χ4v) is 6.81. The Hall–Kier alpha value is -2.76. The van der Waals surface area contributed by atoms with Gasteiger partial charge in [0.2, 0.25) is 0 Å². The number of rotatable bonds is 3. The van der Waals surface area contributed by atoms with E-state index in [1.807, 2.05) is 10.9 Å². The highest BCUT2D eigenvalue weighted by Crippen LogP contribution is 2.55. The zero-order valence-electron chi connectivity index (χ0n) is 18.0. The second-order valence-electron chi connectivity index (χ2n) is 9.34. The average Bonchev–Trinajstić information content (AvgIpc) is 3.41. The Balaban J connectivity index is 1.39. The summed E-state index contributed by atoms with van der Waals surface area (Å²) in [6.45, 7) is 2.32. The fraction of sp³-hybridized carbons (Fsp3) is 0.296. The van der Waals surface area contributed by atoms with E-state index in [2.05, 4.69) is 47.7 Å². The molecular formula is C27H25FN2OS. The molecule has 5 heteroatoms. The summed E-state index contributed by atoms with van der Waals surface area (Å²) in [5.41, 5.74) is 5.49. The number of thiophene rings is 1. The van der Waals surface area contributed by atoms with Crippen LogP contribution in [0.4, 0.5) is 4.39 Å². The predicted octanol–water partition coefficient (Wildman–Crippen LogP) is 6.71. The van der Waals surface area contributed by atoms with E-state index in [-0.39, 0.29) is 17.2 Å². The maximum Gasteiger partial charge on any atom is 0.123 e. The molecule has 2 aromatic carbocycles. The molecule has 2 aliphatic rings. The molecule has 6 rings (SSSR count). The van der Waals surface area contributed by atoms with Crippen LogP contribution in [0.2, 0.25) is 0 Å². The van der Waals surface area contributed by atoms with Gasteiger partial charge in [0.15, 0.2) is 0 Å². The number of aliphatic hydroxyl groups excluding tert-OH is 1. The first-order valence-electron chi connectivity index (χ1n) is 11.2. The zero-order valence-corrected chi connectivity index (χ0v) is 18.8. The summed E-state index contributed by atoms with van der Waals surface area (Å²) in [6.07, 6.45) is 7.71. The first-order chi connectivity index (χ1) is 15.5. The number of halogens is 1. The number of benzene rings is 2. The first-order valence-corrected chi connectivity index (χ1v) is 12.1. The van der Waals surface area contributed by atoms with Gasteiger partial charge < -0.3 is 5.11 Å². The van der Waals surface area contributed by atoms with E-state index in [0.717, 1.165) is 42.6 Å². The Bertz CT molecular complexity index is 1340. The van der Waals surface area contributed by atoms with Crippen LogP contribution in [-0.4, -0.2) is 14.9 Å². The number of allylic oxidation sites excluding steroid dienone is 1. The summed E-state index contributed by atoms with van der Waals surface area (Å²) in [7, 11) is 0. The molecule has 0 spiro atoms. The van der Waals surface area contributed by atoms with Crippen LogP contribution in [0.3, 0.4) is 0 Å². The van der Waals surface area contributed by atoms with Crippen LogP contribution in [-0.2, 0) is 6.42 Å². The lowest BCUT2D eigenvalue weighted by atomic mass is 9.57. The van der Waals surface area contributed by atoms with E-state index in [9.17, 15) is 9.50 Å². The Morgan fingerprint density at radius 2 is 2.00 bits per heavy atom. The molecule has 3 atom stereocenters. The Morgan fingerprint density at radius 3 is 2.84 bits per heavy atom. The lowest BCUT2D eigenvalue weighted by Gasteiger charge is -2.47. The Morgan fingerprint density at radius 1 is 1.19 bits per heavy atom. The summed E-state index contributed by atoms with van der Waals surface area (Å²) in [6, 6.07) is 14.8. The average molecular weight is 445 g/mol. The van der Waals surface area contributed by atoms with E-state index >= 15 is 0 Å². The summed E-state index contributed by atoms with van der Waals surface area (Å²) < 4.78 is 16.5. The van der Waals surface area contributed by atoms with Crippen molar-refractivity contribution in [1.29, 1.82) is 0 Å². The van der Waals surface area contributed by atoms with Crippen molar-refractivity contribution in [3.8, 4) is 5.69 Å². The molecule has 3 nitrogen and oxygen atoms in total. The van der Waals surface area contributed by atoms with Crippen molar-refractivity contribution < 1.29 is 9.50 Å². The summed E-state index contributed by atoms with van der Waals surface area (Å²) in [5, 5.41) is 19.6. The molecule has 32 heavy (non-hydrogen) atoms. The van der Waals surface area contributed by atoms with E-state index < -0.39 is 6.10 Å². The van der Waals surface area contributed by atoms with Crippen molar-refractivity contribution in [3.05, 3.63) is 88.3 Å². The molecule has 0 amide bonds. The van der Waals surface area contributed by atoms with Crippen molar-refractivity contribution in [2.45, 2.75) is 38.7 Å². The first kappa shape index (κ1) is 19.9. The van der Waals surface area contributed by atoms with Gasteiger partial charge in [-0.15, -0.1) is 11.3 Å². The van der Waals surface area contributed by atoms with Gasteiger partial charge in [0, 0.05) is 4.70 Å². The highest BCUT2D eigenvalue weighted by Gasteiger charge is 2.46. The molecule has 0 aliphatic heterocycles. The van der Waals surface area contributed by atoms with Gasteiger partial charge in [-0.1, -0.05) is 30.7 Å². The van der Waals surface area contributed by atoms with Gasteiger partial charge in [-0.2, -0.15) is 5.10 Å². The second kappa shape index (κ2) is 7.39. The minimum absolute atomic E-state index is 0.107. The van der Waals surface area contributed by atoms with Crippen LogP contribution in [0.15, 0.2) is 65.7 Å². The highest BCUT2D eigenvalue weighted by atomic mass is 32.1. The van der Waals surface area contributed by atoms with Gasteiger partial charge in [-0.25, -0.2) is 9.07 Å². The van der Waals surface area contributed by atoms with Gasteiger partial charge in [-0.05, 0) is 95.3 Å². The molecule has 1 N–H and O–H groups in total. The highest BCUT2D eigenvalue weighted by molar-refractivity contribution is 7.17. The third-order valence-electron chi connectivity index (χ3n) is 7.55. The SMILES string of the molecule is C[C@]12Cc3cnn(-c4ccc(F)cc4)c3C=C1CCC[C@@H]2C(O)c1csc2ccccc12. The molecule has 0 radical (unpaired) electrons.